The molecule has 0 aliphatic rings. The van der Waals surface area contributed by atoms with E-state index in [-0.39, 0.29) is 11.4 Å². The first-order chi connectivity index (χ1) is 8.11. The van der Waals surface area contributed by atoms with Gasteiger partial charge in [-0.15, -0.1) is 0 Å². The Bertz CT molecular complexity index is 629. The minimum Gasteiger partial charge on any atom is -0.258 e. The molecule has 7 heteroatoms. The van der Waals surface area contributed by atoms with Crippen LogP contribution in [0.25, 0.3) is 5.69 Å². The summed E-state index contributed by atoms with van der Waals surface area (Å²) in [6, 6.07) is 7.93. The molecule has 0 aliphatic carbocycles. The number of hydrogen-bond acceptors (Lipinski definition) is 4. The van der Waals surface area contributed by atoms with E-state index < -0.39 is 4.92 Å². The Labute approximate surface area is 104 Å². The fraction of sp³-hybridized carbons (Fsp3) is 0. The van der Waals surface area contributed by atoms with E-state index in [0.717, 1.165) is 0 Å². The van der Waals surface area contributed by atoms with Crippen LogP contribution in [-0.4, -0.2) is 14.7 Å². The van der Waals surface area contributed by atoms with Crippen molar-refractivity contribution < 1.29 is 4.92 Å². The summed E-state index contributed by atoms with van der Waals surface area (Å²) < 4.78 is 1.96. The maximum Gasteiger partial charge on any atom is 0.271 e. The highest BCUT2D eigenvalue weighted by Gasteiger charge is 2.10. The van der Waals surface area contributed by atoms with Crippen molar-refractivity contribution >= 4 is 21.6 Å². The Kier molecular flexibility index (Phi) is 2.89. The van der Waals surface area contributed by atoms with Crippen molar-refractivity contribution in [2.45, 2.75) is 0 Å². The lowest BCUT2D eigenvalue weighted by atomic mass is 10.3. The van der Waals surface area contributed by atoms with E-state index in [1.54, 1.807) is 18.3 Å². The first kappa shape index (κ1) is 11.3. The second kappa shape index (κ2) is 4.35. The Balaban J connectivity index is 2.50. The Hall–Kier alpha value is -2.20. The van der Waals surface area contributed by atoms with Crippen molar-refractivity contribution in [1.82, 2.24) is 9.78 Å². The lowest BCUT2D eigenvalue weighted by Crippen LogP contribution is -1.96. The van der Waals surface area contributed by atoms with Crippen LogP contribution in [-0.2, 0) is 0 Å². The van der Waals surface area contributed by atoms with Crippen LogP contribution in [0.5, 0.6) is 0 Å². The number of rotatable bonds is 2. The van der Waals surface area contributed by atoms with Crippen molar-refractivity contribution in [3.8, 4) is 11.8 Å². The number of nitriles is 1. The second-order valence-electron chi connectivity index (χ2n) is 3.16. The lowest BCUT2D eigenvalue weighted by Gasteiger charge is -1.99. The van der Waals surface area contributed by atoms with E-state index in [0.29, 0.717) is 10.2 Å². The van der Waals surface area contributed by atoms with Crippen LogP contribution in [0.1, 0.15) is 5.69 Å². The van der Waals surface area contributed by atoms with Crippen molar-refractivity contribution in [1.29, 1.82) is 5.26 Å². The molecule has 0 amide bonds. The van der Waals surface area contributed by atoms with Crippen molar-refractivity contribution in [3.05, 3.63) is 50.7 Å². The monoisotopic (exact) mass is 292 g/mol. The second-order valence-corrected chi connectivity index (χ2v) is 4.01. The maximum absolute atomic E-state index is 10.6. The molecule has 17 heavy (non-hydrogen) atoms. The summed E-state index contributed by atoms with van der Waals surface area (Å²) in [7, 11) is 0. The molecule has 2 aromatic rings. The number of aromatic nitrogens is 2. The van der Waals surface area contributed by atoms with E-state index in [9.17, 15) is 10.1 Å². The molecule has 0 aliphatic heterocycles. The van der Waals surface area contributed by atoms with Gasteiger partial charge in [0.1, 0.15) is 6.07 Å². The number of nitro benzene ring substituents is 1. The fourth-order valence-electron chi connectivity index (χ4n) is 1.31. The molecule has 6 nitrogen and oxygen atoms in total. The molecule has 84 valence electrons. The number of benzene rings is 1. The van der Waals surface area contributed by atoms with Crippen LogP contribution >= 0.6 is 15.9 Å². The van der Waals surface area contributed by atoms with Gasteiger partial charge in [0.2, 0.25) is 0 Å². The van der Waals surface area contributed by atoms with E-state index in [1.807, 2.05) is 6.07 Å². The number of hydrogen-bond donors (Lipinski definition) is 0. The summed E-state index contributed by atoms with van der Waals surface area (Å²) in [4.78, 5) is 10.1. The third kappa shape index (κ3) is 2.16. The lowest BCUT2D eigenvalue weighted by molar-refractivity contribution is -0.384. The number of non-ortho nitro benzene ring substituents is 1. The quantitative estimate of drug-likeness (QED) is 0.628. The van der Waals surface area contributed by atoms with E-state index in [2.05, 4.69) is 21.0 Å². The van der Waals surface area contributed by atoms with Gasteiger partial charge in [-0.3, -0.25) is 10.1 Å². The number of halogens is 1. The molecule has 1 aromatic heterocycles. The first-order valence-corrected chi connectivity index (χ1v) is 5.31. The van der Waals surface area contributed by atoms with Gasteiger partial charge in [0.25, 0.3) is 5.69 Å². The fourth-order valence-corrected chi connectivity index (χ4v) is 1.67. The third-order valence-electron chi connectivity index (χ3n) is 2.08. The molecule has 0 saturated heterocycles. The van der Waals surface area contributed by atoms with Gasteiger partial charge in [-0.05, 0) is 22.0 Å². The van der Waals surface area contributed by atoms with Crippen LogP contribution in [0.2, 0.25) is 0 Å². The smallest absolute Gasteiger partial charge is 0.258 e. The molecule has 0 bridgehead atoms. The molecule has 0 atom stereocenters. The largest absolute Gasteiger partial charge is 0.271 e. The van der Waals surface area contributed by atoms with Gasteiger partial charge in [-0.25, -0.2) is 4.68 Å². The van der Waals surface area contributed by atoms with Gasteiger partial charge < -0.3 is 0 Å². The van der Waals surface area contributed by atoms with E-state index in [4.69, 9.17) is 5.26 Å². The summed E-state index contributed by atoms with van der Waals surface area (Å²) in [5.41, 5.74) is 0.741. The maximum atomic E-state index is 10.6. The van der Waals surface area contributed by atoms with E-state index >= 15 is 0 Å². The van der Waals surface area contributed by atoms with Crippen molar-refractivity contribution in [2.75, 3.05) is 0 Å². The molecule has 1 aromatic carbocycles. The topological polar surface area (TPSA) is 84.8 Å². The average Bonchev–Trinajstić information content (AvgIpc) is 2.71. The van der Waals surface area contributed by atoms with Gasteiger partial charge in [-0.2, -0.15) is 10.4 Å². The molecule has 0 spiro atoms. The zero-order chi connectivity index (χ0) is 12.4. The third-order valence-corrected chi connectivity index (χ3v) is 2.66. The minimum absolute atomic E-state index is 0.0207. The Morgan fingerprint density at radius 2 is 2.29 bits per heavy atom. The SMILES string of the molecule is N#Cc1nn(-c2cccc([N+](=O)[O-])c2)cc1Br. The van der Waals surface area contributed by atoms with Gasteiger partial charge in [0.05, 0.1) is 15.1 Å². The molecule has 0 unspecified atom stereocenters. The predicted octanol–water partition coefficient (Wildman–Crippen LogP) is 2.41. The Morgan fingerprint density at radius 3 is 2.88 bits per heavy atom. The molecule has 2 rings (SSSR count). The normalized spacial score (nSPS) is 9.88. The number of nitro groups is 1. The highest BCUT2D eigenvalue weighted by Crippen LogP contribution is 2.20. The zero-order valence-electron chi connectivity index (χ0n) is 8.37. The van der Waals surface area contributed by atoms with Gasteiger partial charge in [0, 0.05) is 18.3 Å². The highest BCUT2D eigenvalue weighted by atomic mass is 79.9. The molecular formula is C10H5BrN4O2. The summed E-state index contributed by atoms with van der Waals surface area (Å²) in [6.45, 7) is 0. The van der Waals surface area contributed by atoms with Crippen LogP contribution in [0.3, 0.4) is 0 Å². The van der Waals surface area contributed by atoms with Gasteiger partial charge in [0.15, 0.2) is 5.69 Å². The molecule has 0 N–H and O–H groups in total. The first-order valence-electron chi connectivity index (χ1n) is 4.52. The van der Waals surface area contributed by atoms with Crippen molar-refractivity contribution in [2.24, 2.45) is 0 Å². The highest BCUT2D eigenvalue weighted by molar-refractivity contribution is 9.10. The standard InChI is InChI=1S/C10H5BrN4O2/c11-9-6-14(13-10(9)5-12)7-2-1-3-8(4-7)15(16)17/h1-4,6H. The number of nitrogens with zero attached hydrogens (tertiary/aromatic N) is 4. The predicted molar refractivity (Wildman–Crippen MR) is 62.6 cm³/mol. The molecule has 0 fully saturated rings. The Morgan fingerprint density at radius 1 is 1.53 bits per heavy atom. The van der Waals surface area contributed by atoms with Crippen LogP contribution in [0.15, 0.2) is 34.9 Å². The van der Waals surface area contributed by atoms with Crippen molar-refractivity contribution in [3.63, 3.8) is 0 Å². The van der Waals surface area contributed by atoms with Crippen LogP contribution in [0.4, 0.5) is 5.69 Å². The van der Waals surface area contributed by atoms with Crippen LogP contribution < -0.4 is 0 Å². The van der Waals surface area contributed by atoms with Crippen LogP contribution in [0, 0.1) is 21.4 Å². The zero-order valence-corrected chi connectivity index (χ0v) is 9.96. The summed E-state index contributed by atoms with van der Waals surface area (Å²) in [5.74, 6) is 0. The molecule has 1 heterocycles. The average molecular weight is 293 g/mol. The molecule has 0 radical (unpaired) electrons. The minimum atomic E-state index is -0.479. The van der Waals surface area contributed by atoms with Gasteiger partial charge in [-0.1, -0.05) is 6.07 Å². The molecular weight excluding hydrogens is 288 g/mol. The summed E-state index contributed by atoms with van der Waals surface area (Å²) in [5, 5.41) is 23.4. The molecule has 0 saturated carbocycles. The summed E-state index contributed by atoms with van der Waals surface area (Å²) >= 11 is 3.18. The van der Waals surface area contributed by atoms with Gasteiger partial charge >= 0.3 is 0 Å². The summed E-state index contributed by atoms with van der Waals surface area (Å²) in [6.07, 6.45) is 1.58. The van der Waals surface area contributed by atoms with E-state index in [1.165, 1.54) is 16.8 Å².